The van der Waals surface area contributed by atoms with Crippen LogP contribution in [0, 0.1) is 0 Å². The van der Waals surface area contributed by atoms with Crippen molar-refractivity contribution < 1.29 is 34.2 Å². The summed E-state index contributed by atoms with van der Waals surface area (Å²) >= 11 is 0. The van der Waals surface area contributed by atoms with E-state index >= 15 is 0 Å². The third kappa shape index (κ3) is 8.12. The molecule has 0 saturated carbocycles. The molecule has 3 atom stereocenters. The highest BCUT2D eigenvalue weighted by Gasteiger charge is 2.41. The Morgan fingerprint density at radius 3 is 2.14 bits per heavy atom. The zero-order valence-corrected chi connectivity index (χ0v) is 24.5. The predicted molar refractivity (Wildman–Crippen MR) is 158 cm³/mol. The zero-order valence-electron chi connectivity index (χ0n) is 24.5. The Morgan fingerprint density at radius 2 is 1.49 bits per heavy atom. The summed E-state index contributed by atoms with van der Waals surface area (Å²) < 4.78 is 0. The molecule has 230 valence electrons. The first-order valence-corrected chi connectivity index (χ1v) is 14.8. The van der Waals surface area contributed by atoms with Gasteiger partial charge < -0.3 is 30.6 Å². The van der Waals surface area contributed by atoms with Crippen molar-refractivity contribution in [3.05, 3.63) is 65.7 Å². The van der Waals surface area contributed by atoms with Gasteiger partial charge in [0, 0.05) is 25.9 Å². The van der Waals surface area contributed by atoms with Gasteiger partial charge in [-0.05, 0) is 68.7 Å². The Bertz CT molecular complexity index is 1320. The molecule has 2 aromatic carbocycles. The number of hydrogen-bond donors (Lipinski definition) is 4. The SMILES string of the molecule is C[C@@](Cc1ccccc1)(NC(=O)[C@@H]1CCCN1C(=O)CCCc1ccc(O)cc1)C(=O)NCC(=O)N1CCC[C@H]1C(=O)O. The van der Waals surface area contributed by atoms with Gasteiger partial charge in [-0.3, -0.25) is 19.2 Å². The number of amides is 4. The molecule has 11 nitrogen and oxygen atoms in total. The molecule has 4 rings (SSSR count). The Labute approximate surface area is 251 Å². The molecule has 0 aliphatic carbocycles. The molecular formula is C32H40N4O7. The Hall–Kier alpha value is -4.41. The molecule has 4 amide bonds. The van der Waals surface area contributed by atoms with Crippen LogP contribution in [-0.2, 0) is 36.8 Å². The van der Waals surface area contributed by atoms with Crippen molar-refractivity contribution in [2.24, 2.45) is 0 Å². The Morgan fingerprint density at radius 1 is 0.860 bits per heavy atom. The fourth-order valence-corrected chi connectivity index (χ4v) is 5.90. The summed E-state index contributed by atoms with van der Waals surface area (Å²) in [5.41, 5.74) is 0.364. The summed E-state index contributed by atoms with van der Waals surface area (Å²) in [6.07, 6.45) is 3.75. The van der Waals surface area contributed by atoms with Gasteiger partial charge in [-0.2, -0.15) is 0 Å². The molecule has 2 aromatic rings. The zero-order chi connectivity index (χ0) is 31.0. The van der Waals surface area contributed by atoms with E-state index in [-0.39, 0.29) is 24.5 Å². The number of carbonyl (C=O) groups is 5. The van der Waals surface area contributed by atoms with Crippen LogP contribution in [0.5, 0.6) is 5.75 Å². The largest absolute Gasteiger partial charge is 0.508 e. The van der Waals surface area contributed by atoms with E-state index in [9.17, 15) is 34.2 Å². The van der Waals surface area contributed by atoms with E-state index in [2.05, 4.69) is 10.6 Å². The average Bonchev–Trinajstić information content (AvgIpc) is 3.68. The monoisotopic (exact) mass is 592 g/mol. The summed E-state index contributed by atoms with van der Waals surface area (Å²) in [6, 6.07) is 14.4. The minimum atomic E-state index is -1.44. The number of nitrogens with one attached hydrogen (secondary N) is 2. The van der Waals surface area contributed by atoms with E-state index < -0.39 is 47.9 Å². The molecule has 11 heteroatoms. The lowest BCUT2D eigenvalue weighted by Crippen LogP contribution is -2.62. The van der Waals surface area contributed by atoms with Crippen LogP contribution in [0.4, 0.5) is 0 Å². The van der Waals surface area contributed by atoms with Crippen LogP contribution in [0.3, 0.4) is 0 Å². The van der Waals surface area contributed by atoms with E-state index in [1.54, 1.807) is 24.0 Å². The topological polar surface area (TPSA) is 156 Å². The molecule has 2 fully saturated rings. The van der Waals surface area contributed by atoms with Crippen LogP contribution < -0.4 is 10.6 Å². The van der Waals surface area contributed by atoms with Crippen molar-refractivity contribution in [2.75, 3.05) is 19.6 Å². The number of carboxylic acid groups (broad SMARTS) is 1. The maximum Gasteiger partial charge on any atom is 0.326 e. The number of rotatable bonds is 12. The van der Waals surface area contributed by atoms with Crippen molar-refractivity contribution >= 4 is 29.6 Å². The number of nitrogens with zero attached hydrogens (tertiary/aromatic N) is 2. The van der Waals surface area contributed by atoms with Crippen LogP contribution in [0.1, 0.15) is 56.6 Å². The number of aliphatic carboxylic acids is 1. The normalized spacial score (nSPS) is 19.5. The molecule has 4 N–H and O–H groups in total. The van der Waals surface area contributed by atoms with Crippen LogP contribution in [0.25, 0.3) is 0 Å². The summed E-state index contributed by atoms with van der Waals surface area (Å²) in [6.45, 7) is 1.96. The fourth-order valence-electron chi connectivity index (χ4n) is 5.90. The van der Waals surface area contributed by atoms with Crippen LogP contribution in [-0.4, -0.2) is 86.9 Å². The highest BCUT2D eigenvalue weighted by atomic mass is 16.4. The molecule has 0 radical (unpaired) electrons. The van der Waals surface area contributed by atoms with E-state index in [1.807, 2.05) is 42.5 Å². The lowest BCUT2D eigenvalue weighted by molar-refractivity contribution is -0.148. The van der Waals surface area contributed by atoms with Gasteiger partial charge in [-0.15, -0.1) is 0 Å². The Kier molecular flexibility index (Phi) is 10.4. The Balaban J connectivity index is 1.40. The number of benzene rings is 2. The lowest BCUT2D eigenvalue weighted by atomic mass is 9.91. The van der Waals surface area contributed by atoms with Gasteiger partial charge in [0.1, 0.15) is 23.4 Å². The van der Waals surface area contributed by atoms with E-state index in [4.69, 9.17) is 0 Å². The summed E-state index contributed by atoms with van der Waals surface area (Å²) in [5, 5.41) is 24.4. The number of carboxylic acids is 1. The average molecular weight is 593 g/mol. The minimum Gasteiger partial charge on any atom is -0.508 e. The second-order valence-corrected chi connectivity index (χ2v) is 11.5. The van der Waals surface area contributed by atoms with Crippen molar-refractivity contribution in [1.29, 1.82) is 0 Å². The van der Waals surface area contributed by atoms with Gasteiger partial charge in [0.2, 0.25) is 23.6 Å². The maximum absolute atomic E-state index is 13.6. The molecule has 2 aliphatic rings. The number of aryl methyl sites for hydroxylation is 1. The fraction of sp³-hybridized carbons (Fsp3) is 0.469. The van der Waals surface area contributed by atoms with Crippen LogP contribution >= 0.6 is 0 Å². The first-order valence-electron chi connectivity index (χ1n) is 14.8. The van der Waals surface area contributed by atoms with Crippen molar-refractivity contribution in [3.8, 4) is 5.75 Å². The number of phenols is 1. The van der Waals surface area contributed by atoms with Gasteiger partial charge >= 0.3 is 5.97 Å². The molecule has 2 aliphatic heterocycles. The molecule has 43 heavy (non-hydrogen) atoms. The highest BCUT2D eigenvalue weighted by Crippen LogP contribution is 2.23. The summed E-state index contributed by atoms with van der Waals surface area (Å²) in [4.78, 5) is 67.4. The first-order chi connectivity index (χ1) is 20.6. The number of phenolic OH excluding ortho intramolecular Hbond substituents is 1. The predicted octanol–water partition coefficient (Wildman–Crippen LogP) is 2.02. The number of carbonyl (C=O) groups excluding carboxylic acids is 4. The van der Waals surface area contributed by atoms with E-state index in [1.165, 1.54) is 4.90 Å². The number of hydrogen-bond acceptors (Lipinski definition) is 6. The number of aromatic hydroxyl groups is 1. The smallest absolute Gasteiger partial charge is 0.326 e. The quantitative estimate of drug-likeness (QED) is 0.294. The van der Waals surface area contributed by atoms with Gasteiger partial charge in [-0.1, -0.05) is 42.5 Å². The van der Waals surface area contributed by atoms with Gasteiger partial charge in [-0.25, -0.2) is 4.79 Å². The third-order valence-corrected chi connectivity index (χ3v) is 8.23. The second kappa shape index (κ2) is 14.2. The van der Waals surface area contributed by atoms with Crippen molar-refractivity contribution in [3.63, 3.8) is 0 Å². The maximum atomic E-state index is 13.6. The second-order valence-electron chi connectivity index (χ2n) is 11.5. The molecule has 0 aromatic heterocycles. The number of likely N-dealkylation sites (tertiary alicyclic amines) is 2. The molecule has 0 unspecified atom stereocenters. The van der Waals surface area contributed by atoms with Gasteiger partial charge in [0.05, 0.1) is 6.54 Å². The van der Waals surface area contributed by atoms with E-state index in [0.29, 0.717) is 51.6 Å². The van der Waals surface area contributed by atoms with Gasteiger partial charge in [0.15, 0.2) is 0 Å². The standard InChI is InChI=1S/C32H40N4O7/c1-32(20-23-8-3-2-4-9-23,31(43)33-21-28(39)36-19-7-12-26(36)30(41)42)34-29(40)25-11-6-18-35(25)27(38)13-5-10-22-14-16-24(37)17-15-22/h2-4,8-9,14-17,25-26,37H,5-7,10-13,18-21H2,1H3,(H,33,43)(H,34,40)(H,41,42)/t25-,26-,32-/m0/s1. The molecule has 2 saturated heterocycles. The summed E-state index contributed by atoms with van der Waals surface area (Å²) in [7, 11) is 0. The van der Waals surface area contributed by atoms with Crippen LogP contribution in [0.15, 0.2) is 54.6 Å². The van der Waals surface area contributed by atoms with Gasteiger partial charge in [0.25, 0.3) is 0 Å². The molecule has 0 bridgehead atoms. The van der Waals surface area contributed by atoms with E-state index in [0.717, 1.165) is 11.1 Å². The van der Waals surface area contributed by atoms with Crippen molar-refractivity contribution in [1.82, 2.24) is 20.4 Å². The minimum absolute atomic E-state index is 0.130. The molecular weight excluding hydrogens is 552 g/mol. The lowest BCUT2D eigenvalue weighted by Gasteiger charge is -2.33. The third-order valence-electron chi connectivity index (χ3n) is 8.23. The van der Waals surface area contributed by atoms with Crippen molar-refractivity contribution in [2.45, 2.75) is 75.9 Å². The molecule has 2 heterocycles. The first kappa shape index (κ1) is 31.5. The summed E-state index contributed by atoms with van der Waals surface area (Å²) in [5.74, 6) is -2.52. The molecule has 0 spiro atoms. The van der Waals surface area contributed by atoms with Crippen LogP contribution in [0.2, 0.25) is 0 Å². The highest BCUT2D eigenvalue weighted by molar-refractivity contribution is 5.96.